The van der Waals surface area contributed by atoms with Crippen LogP contribution in [0.25, 0.3) is 0 Å². The molecule has 1 amide bonds. The molecule has 0 aromatic heterocycles. The van der Waals surface area contributed by atoms with E-state index < -0.39 is 0 Å². The second kappa shape index (κ2) is 5.17. The molecule has 2 aliphatic rings. The molecule has 0 heterocycles. The number of amides is 1. The van der Waals surface area contributed by atoms with Crippen molar-refractivity contribution in [3.63, 3.8) is 0 Å². The molecule has 0 spiro atoms. The Labute approximate surface area is 110 Å². The van der Waals surface area contributed by atoms with Gasteiger partial charge in [0.05, 0.1) is 12.0 Å². The van der Waals surface area contributed by atoms with Crippen molar-refractivity contribution in [2.24, 2.45) is 17.1 Å². The van der Waals surface area contributed by atoms with Gasteiger partial charge in [0.25, 0.3) is 0 Å². The zero-order valence-electron chi connectivity index (χ0n) is 11.7. The van der Waals surface area contributed by atoms with Crippen LogP contribution in [0.5, 0.6) is 0 Å². The first-order chi connectivity index (χ1) is 8.46. The van der Waals surface area contributed by atoms with Crippen molar-refractivity contribution in [2.45, 2.75) is 64.1 Å². The van der Waals surface area contributed by atoms with E-state index in [0.717, 1.165) is 32.1 Å². The topological polar surface area (TPSA) is 64.3 Å². The molecule has 2 fully saturated rings. The quantitative estimate of drug-likeness (QED) is 0.801. The van der Waals surface area contributed by atoms with Gasteiger partial charge in [-0.05, 0) is 19.3 Å². The highest BCUT2D eigenvalue weighted by Gasteiger charge is 2.49. The lowest BCUT2D eigenvalue weighted by molar-refractivity contribution is -0.137. The van der Waals surface area contributed by atoms with Crippen molar-refractivity contribution in [3.8, 4) is 0 Å². The van der Waals surface area contributed by atoms with Crippen LogP contribution in [0.2, 0.25) is 0 Å². The Morgan fingerprint density at radius 3 is 2.56 bits per heavy atom. The van der Waals surface area contributed by atoms with E-state index in [-0.39, 0.29) is 35.4 Å². The minimum Gasteiger partial charge on any atom is -0.381 e. The van der Waals surface area contributed by atoms with Gasteiger partial charge in [-0.3, -0.25) is 4.79 Å². The van der Waals surface area contributed by atoms with Crippen LogP contribution in [-0.4, -0.2) is 31.2 Å². The highest BCUT2D eigenvalue weighted by atomic mass is 16.5. The minimum absolute atomic E-state index is 0.0103. The second-order valence-corrected chi connectivity index (χ2v) is 6.40. The number of hydrogen-bond donors (Lipinski definition) is 2. The van der Waals surface area contributed by atoms with Gasteiger partial charge in [-0.25, -0.2) is 0 Å². The van der Waals surface area contributed by atoms with Gasteiger partial charge in [0, 0.05) is 24.6 Å². The van der Waals surface area contributed by atoms with Gasteiger partial charge >= 0.3 is 0 Å². The molecule has 0 saturated heterocycles. The Morgan fingerprint density at radius 2 is 2.00 bits per heavy atom. The third kappa shape index (κ3) is 2.41. The van der Waals surface area contributed by atoms with E-state index in [4.69, 9.17) is 10.5 Å². The summed E-state index contributed by atoms with van der Waals surface area (Å²) in [6, 6.07) is 0.268. The summed E-state index contributed by atoms with van der Waals surface area (Å²) in [4.78, 5) is 12.3. The predicted octanol–water partition coefficient (Wildman–Crippen LogP) is 1.43. The van der Waals surface area contributed by atoms with Crippen molar-refractivity contribution in [3.05, 3.63) is 0 Å². The SMILES string of the molecule is COC1CC(NC(=O)C2CCCCC2N)C1(C)C. The summed E-state index contributed by atoms with van der Waals surface area (Å²) in [6.45, 7) is 4.30. The van der Waals surface area contributed by atoms with Crippen LogP contribution < -0.4 is 11.1 Å². The Balaban J connectivity index is 1.88. The van der Waals surface area contributed by atoms with E-state index in [1.807, 2.05) is 0 Å². The van der Waals surface area contributed by atoms with Crippen molar-refractivity contribution in [1.29, 1.82) is 0 Å². The molecule has 0 bridgehead atoms. The standard InChI is InChI=1S/C14H26N2O2/c1-14(2)11(8-12(14)18-3)16-13(17)9-6-4-5-7-10(9)15/h9-12H,4-8,15H2,1-3H3,(H,16,17). The number of carbonyl (C=O) groups excluding carboxylic acids is 1. The Morgan fingerprint density at radius 1 is 1.33 bits per heavy atom. The van der Waals surface area contributed by atoms with E-state index in [1.54, 1.807) is 7.11 Å². The van der Waals surface area contributed by atoms with Crippen LogP contribution in [0, 0.1) is 11.3 Å². The average molecular weight is 254 g/mol. The number of carbonyl (C=O) groups is 1. The van der Waals surface area contributed by atoms with Gasteiger partial charge in [-0.15, -0.1) is 0 Å². The van der Waals surface area contributed by atoms with Crippen molar-refractivity contribution >= 4 is 5.91 Å². The highest BCUT2D eigenvalue weighted by molar-refractivity contribution is 5.80. The molecule has 4 unspecified atom stereocenters. The summed E-state index contributed by atoms with van der Waals surface area (Å²) < 4.78 is 5.40. The largest absolute Gasteiger partial charge is 0.381 e. The van der Waals surface area contributed by atoms with Crippen LogP contribution in [-0.2, 0) is 9.53 Å². The van der Waals surface area contributed by atoms with E-state index in [2.05, 4.69) is 19.2 Å². The van der Waals surface area contributed by atoms with Crippen molar-refractivity contribution in [1.82, 2.24) is 5.32 Å². The highest BCUT2D eigenvalue weighted by Crippen LogP contribution is 2.42. The number of hydrogen-bond acceptors (Lipinski definition) is 3. The summed E-state index contributed by atoms with van der Waals surface area (Å²) in [5.74, 6) is 0.158. The van der Waals surface area contributed by atoms with E-state index in [1.165, 1.54) is 0 Å². The number of methoxy groups -OCH3 is 1. The molecule has 4 atom stereocenters. The van der Waals surface area contributed by atoms with Crippen LogP contribution in [0.15, 0.2) is 0 Å². The van der Waals surface area contributed by atoms with Gasteiger partial charge in [0.15, 0.2) is 0 Å². The monoisotopic (exact) mass is 254 g/mol. The summed E-state index contributed by atoms with van der Waals surface area (Å²) in [7, 11) is 1.74. The van der Waals surface area contributed by atoms with Crippen molar-refractivity contribution < 1.29 is 9.53 Å². The summed E-state index contributed by atoms with van der Waals surface area (Å²) in [6.07, 6.45) is 5.37. The van der Waals surface area contributed by atoms with Crippen LogP contribution >= 0.6 is 0 Å². The lowest BCUT2D eigenvalue weighted by Gasteiger charge is -2.51. The van der Waals surface area contributed by atoms with Gasteiger partial charge in [0.2, 0.25) is 5.91 Å². The Bertz CT molecular complexity index is 317. The number of nitrogens with one attached hydrogen (secondary N) is 1. The normalized spacial score (nSPS) is 38.9. The average Bonchev–Trinajstić information content (AvgIpc) is 2.34. The smallest absolute Gasteiger partial charge is 0.224 e. The van der Waals surface area contributed by atoms with Crippen LogP contribution in [0.4, 0.5) is 0 Å². The summed E-state index contributed by atoms with van der Waals surface area (Å²) in [5, 5.41) is 3.17. The maximum atomic E-state index is 12.3. The Hall–Kier alpha value is -0.610. The minimum atomic E-state index is 0.0103. The fourth-order valence-electron chi connectivity index (χ4n) is 3.29. The fraction of sp³-hybridized carbons (Fsp3) is 0.929. The number of rotatable bonds is 3. The van der Waals surface area contributed by atoms with Gasteiger partial charge < -0.3 is 15.8 Å². The number of ether oxygens (including phenoxy) is 1. The molecule has 3 N–H and O–H groups in total. The molecule has 0 aromatic rings. The molecule has 2 rings (SSSR count). The lowest BCUT2D eigenvalue weighted by atomic mass is 9.64. The van der Waals surface area contributed by atoms with Crippen LogP contribution in [0.1, 0.15) is 46.0 Å². The lowest BCUT2D eigenvalue weighted by Crippen LogP contribution is -2.63. The molecule has 2 aliphatic carbocycles. The Kier molecular flexibility index (Phi) is 3.97. The maximum Gasteiger partial charge on any atom is 0.224 e. The summed E-state index contributed by atoms with van der Waals surface area (Å²) >= 11 is 0. The van der Waals surface area contributed by atoms with Gasteiger partial charge in [0.1, 0.15) is 0 Å². The van der Waals surface area contributed by atoms with Gasteiger partial charge in [-0.2, -0.15) is 0 Å². The second-order valence-electron chi connectivity index (χ2n) is 6.40. The number of nitrogens with two attached hydrogens (primary N) is 1. The predicted molar refractivity (Wildman–Crippen MR) is 71.1 cm³/mol. The van der Waals surface area contributed by atoms with E-state index in [0.29, 0.717) is 0 Å². The summed E-state index contributed by atoms with van der Waals surface area (Å²) in [5.41, 5.74) is 6.08. The first-order valence-electron chi connectivity index (χ1n) is 7.05. The molecule has 0 aliphatic heterocycles. The molecule has 4 heteroatoms. The molecule has 104 valence electrons. The molecule has 2 saturated carbocycles. The van der Waals surface area contributed by atoms with Crippen molar-refractivity contribution in [2.75, 3.05) is 7.11 Å². The third-order valence-electron chi connectivity index (χ3n) is 4.93. The zero-order chi connectivity index (χ0) is 13.3. The fourth-order valence-corrected chi connectivity index (χ4v) is 3.29. The molecule has 0 aromatic carbocycles. The van der Waals surface area contributed by atoms with Gasteiger partial charge in [-0.1, -0.05) is 26.7 Å². The van der Waals surface area contributed by atoms with Crippen LogP contribution in [0.3, 0.4) is 0 Å². The molecule has 4 nitrogen and oxygen atoms in total. The first-order valence-corrected chi connectivity index (χ1v) is 7.05. The zero-order valence-corrected chi connectivity index (χ0v) is 11.7. The molecular weight excluding hydrogens is 228 g/mol. The maximum absolute atomic E-state index is 12.3. The first kappa shape index (κ1) is 13.8. The molecular formula is C14H26N2O2. The third-order valence-corrected chi connectivity index (χ3v) is 4.93. The molecule has 0 radical (unpaired) electrons. The van der Waals surface area contributed by atoms with E-state index >= 15 is 0 Å². The molecule has 18 heavy (non-hydrogen) atoms. The van der Waals surface area contributed by atoms with E-state index in [9.17, 15) is 4.79 Å².